The Bertz CT molecular complexity index is 707. The van der Waals surface area contributed by atoms with Gasteiger partial charge in [-0.2, -0.15) is 0 Å². The maximum atomic E-state index is 5.71. The molecule has 1 aromatic carbocycles. The summed E-state index contributed by atoms with van der Waals surface area (Å²) in [7, 11) is 3.43. The van der Waals surface area contributed by atoms with E-state index in [-0.39, 0.29) is 24.0 Å². The second kappa shape index (κ2) is 12.9. The first-order valence-electron chi connectivity index (χ1n) is 8.72. The normalized spacial score (nSPS) is 11.2. The van der Waals surface area contributed by atoms with E-state index in [9.17, 15) is 0 Å². The first-order valence-corrected chi connectivity index (χ1v) is 9.60. The molecule has 2 N–H and O–H groups in total. The van der Waals surface area contributed by atoms with Crippen molar-refractivity contribution in [2.75, 3.05) is 27.3 Å². The first kappa shape index (κ1) is 23.6. The molecule has 1 aromatic heterocycles. The van der Waals surface area contributed by atoms with E-state index in [2.05, 4.69) is 39.8 Å². The number of hydrogen-bond donors (Lipinski definition) is 2. The Hall–Kier alpha value is -1.39. The zero-order chi connectivity index (χ0) is 18.8. The number of thiazole rings is 1. The molecule has 0 aliphatic carbocycles. The summed E-state index contributed by atoms with van der Waals surface area (Å²) in [6.45, 7) is 6.74. The second-order valence-electron chi connectivity index (χ2n) is 6.04. The van der Waals surface area contributed by atoms with E-state index in [1.54, 1.807) is 25.5 Å². The highest BCUT2D eigenvalue weighted by atomic mass is 127. The molecule has 0 spiro atoms. The largest absolute Gasteiger partial charge is 0.496 e. The van der Waals surface area contributed by atoms with Gasteiger partial charge in [0.25, 0.3) is 0 Å². The molecule has 0 bridgehead atoms. The number of guanidine groups is 1. The van der Waals surface area contributed by atoms with Crippen molar-refractivity contribution < 1.29 is 9.47 Å². The number of halogens is 1. The molecule has 0 radical (unpaired) electrons. The Balaban J connectivity index is 0.00000364. The second-order valence-corrected chi connectivity index (χ2v) is 6.98. The molecule has 2 aromatic rings. The van der Waals surface area contributed by atoms with Crippen LogP contribution in [0.3, 0.4) is 0 Å². The van der Waals surface area contributed by atoms with Gasteiger partial charge >= 0.3 is 0 Å². The molecular formula is C19H29IN4O2S. The highest BCUT2D eigenvalue weighted by Crippen LogP contribution is 2.18. The van der Waals surface area contributed by atoms with E-state index in [0.717, 1.165) is 28.0 Å². The van der Waals surface area contributed by atoms with Crippen LogP contribution in [0.15, 0.2) is 34.6 Å². The molecule has 150 valence electrons. The lowest BCUT2D eigenvalue weighted by atomic mass is 10.2. The summed E-state index contributed by atoms with van der Waals surface area (Å²) in [6, 6.07) is 7.87. The molecule has 0 atom stereocenters. The van der Waals surface area contributed by atoms with Gasteiger partial charge in [-0.15, -0.1) is 35.3 Å². The number of aromatic nitrogens is 1. The quantitative estimate of drug-likeness (QED) is 0.236. The van der Waals surface area contributed by atoms with Gasteiger partial charge in [0.15, 0.2) is 5.96 Å². The molecule has 27 heavy (non-hydrogen) atoms. The highest BCUT2D eigenvalue weighted by Gasteiger charge is 2.06. The van der Waals surface area contributed by atoms with Crippen LogP contribution in [0.5, 0.6) is 5.75 Å². The molecule has 1 heterocycles. The monoisotopic (exact) mass is 504 g/mol. The van der Waals surface area contributed by atoms with E-state index in [4.69, 9.17) is 9.47 Å². The summed E-state index contributed by atoms with van der Waals surface area (Å²) in [5, 5.41) is 9.69. The van der Waals surface area contributed by atoms with Crippen molar-refractivity contribution >= 4 is 41.3 Å². The van der Waals surface area contributed by atoms with Gasteiger partial charge in [0, 0.05) is 24.5 Å². The highest BCUT2D eigenvalue weighted by molar-refractivity contribution is 14.0. The van der Waals surface area contributed by atoms with Crippen LogP contribution >= 0.6 is 35.3 Å². The average Bonchev–Trinajstić information content (AvgIpc) is 3.13. The van der Waals surface area contributed by atoms with E-state index in [1.165, 1.54) is 0 Å². The van der Waals surface area contributed by atoms with Crippen molar-refractivity contribution in [1.82, 2.24) is 15.6 Å². The van der Waals surface area contributed by atoms with Crippen LogP contribution in [-0.4, -0.2) is 38.3 Å². The number of rotatable bonds is 9. The Morgan fingerprint density at radius 1 is 1.26 bits per heavy atom. The van der Waals surface area contributed by atoms with Gasteiger partial charge in [-0.3, -0.25) is 4.99 Å². The third-order valence-electron chi connectivity index (χ3n) is 3.78. The van der Waals surface area contributed by atoms with E-state index < -0.39 is 0 Å². The zero-order valence-corrected chi connectivity index (χ0v) is 19.5. The van der Waals surface area contributed by atoms with Crippen LogP contribution in [-0.2, 0) is 17.9 Å². The van der Waals surface area contributed by atoms with Crippen LogP contribution in [0.25, 0.3) is 0 Å². The lowest BCUT2D eigenvalue weighted by molar-refractivity contribution is 0.123. The molecule has 6 nitrogen and oxygen atoms in total. The Kier molecular flexibility index (Phi) is 11.3. The van der Waals surface area contributed by atoms with Gasteiger partial charge < -0.3 is 20.1 Å². The van der Waals surface area contributed by atoms with E-state index in [1.807, 2.05) is 24.3 Å². The van der Waals surface area contributed by atoms with E-state index in [0.29, 0.717) is 32.2 Å². The zero-order valence-electron chi connectivity index (χ0n) is 16.3. The summed E-state index contributed by atoms with van der Waals surface area (Å²) in [4.78, 5) is 8.84. The fraction of sp³-hybridized carbons (Fsp3) is 0.474. The summed E-state index contributed by atoms with van der Waals surface area (Å²) < 4.78 is 11.0. The van der Waals surface area contributed by atoms with Crippen molar-refractivity contribution in [3.63, 3.8) is 0 Å². The molecule has 0 fully saturated rings. The third kappa shape index (κ3) is 8.02. The van der Waals surface area contributed by atoms with Gasteiger partial charge in [-0.05, 0) is 12.0 Å². The standard InChI is InChI=1S/C19H28N4O2S.HI/c1-14(2)16-13-26-18(23-16)11-22-19(20-3)21-9-10-25-12-15-7-5-6-8-17(15)24-4;/h5-8,13-14H,9-12H2,1-4H3,(H2,20,21,22);1H. The van der Waals surface area contributed by atoms with Crippen molar-refractivity contribution in [2.24, 2.45) is 4.99 Å². The topological polar surface area (TPSA) is 67.8 Å². The van der Waals surface area contributed by atoms with Crippen molar-refractivity contribution in [1.29, 1.82) is 0 Å². The number of para-hydroxylation sites is 1. The summed E-state index contributed by atoms with van der Waals surface area (Å²) >= 11 is 1.67. The number of nitrogens with zero attached hydrogens (tertiary/aromatic N) is 2. The van der Waals surface area contributed by atoms with Crippen LogP contribution in [0.1, 0.15) is 36.0 Å². The van der Waals surface area contributed by atoms with Crippen LogP contribution in [0.2, 0.25) is 0 Å². The number of methoxy groups -OCH3 is 1. The predicted octanol–water partition coefficient (Wildman–Crippen LogP) is 3.77. The minimum absolute atomic E-state index is 0. The number of ether oxygens (including phenoxy) is 2. The van der Waals surface area contributed by atoms with Crippen molar-refractivity contribution in [2.45, 2.75) is 32.9 Å². The number of aliphatic imine (C=N–C) groups is 1. The maximum absolute atomic E-state index is 5.71. The van der Waals surface area contributed by atoms with Crippen molar-refractivity contribution in [3.05, 3.63) is 45.9 Å². The average molecular weight is 504 g/mol. The third-order valence-corrected chi connectivity index (χ3v) is 4.65. The summed E-state index contributed by atoms with van der Waals surface area (Å²) in [5.41, 5.74) is 2.18. The van der Waals surface area contributed by atoms with Gasteiger partial charge in [-0.1, -0.05) is 32.0 Å². The minimum atomic E-state index is 0. The smallest absolute Gasteiger partial charge is 0.191 e. The Morgan fingerprint density at radius 3 is 2.70 bits per heavy atom. The number of nitrogens with one attached hydrogen (secondary N) is 2. The Morgan fingerprint density at radius 2 is 2.04 bits per heavy atom. The molecule has 0 saturated carbocycles. The molecule has 0 unspecified atom stereocenters. The number of benzene rings is 1. The molecule has 0 saturated heterocycles. The van der Waals surface area contributed by atoms with Gasteiger partial charge in [0.2, 0.25) is 0 Å². The SMILES string of the molecule is CN=C(NCCOCc1ccccc1OC)NCc1nc(C(C)C)cs1.I. The molecule has 8 heteroatoms. The maximum Gasteiger partial charge on any atom is 0.191 e. The lowest BCUT2D eigenvalue weighted by Gasteiger charge is -2.12. The Labute approximate surface area is 182 Å². The predicted molar refractivity (Wildman–Crippen MR) is 122 cm³/mol. The van der Waals surface area contributed by atoms with Crippen molar-refractivity contribution in [3.8, 4) is 5.75 Å². The molecule has 0 aliphatic heterocycles. The molecule has 0 aliphatic rings. The molecular weight excluding hydrogens is 475 g/mol. The van der Waals surface area contributed by atoms with Gasteiger partial charge in [0.1, 0.15) is 10.8 Å². The van der Waals surface area contributed by atoms with Gasteiger partial charge in [-0.25, -0.2) is 4.98 Å². The van der Waals surface area contributed by atoms with Gasteiger partial charge in [0.05, 0.1) is 32.6 Å². The fourth-order valence-electron chi connectivity index (χ4n) is 2.30. The molecule has 0 amide bonds. The molecule has 2 rings (SSSR count). The van der Waals surface area contributed by atoms with Crippen LogP contribution < -0.4 is 15.4 Å². The van der Waals surface area contributed by atoms with Crippen LogP contribution in [0.4, 0.5) is 0 Å². The first-order chi connectivity index (χ1) is 12.6. The fourth-order valence-corrected chi connectivity index (χ4v) is 3.19. The summed E-state index contributed by atoms with van der Waals surface area (Å²) in [5.74, 6) is 2.05. The minimum Gasteiger partial charge on any atom is -0.496 e. The van der Waals surface area contributed by atoms with E-state index >= 15 is 0 Å². The van der Waals surface area contributed by atoms with Crippen LogP contribution in [0, 0.1) is 0 Å². The lowest BCUT2D eigenvalue weighted by Crippen LogP contribution is -2.38. The summed E-state index contributed by atoms with van der Waals surface area (Å²) in [6.07, 6.45) is 0. The number of hydrogen-bond acceptors (Lipinski definition) is 5.